The van der Waals surface area contributed by atoms with Gasteiger partial charge in [0, 0.05) is 31.8 Å². The Morgan fingerprint density at radius 3 is 1.73 bits per heavy atom. The van der Waals surface area contributed by atoms with Crippen LogP contribution >= 0.6 is 0 Å². The highest BCUT2D eigenvalue weighted by atomic mass is 16.2. The van der Waals surface area contributed by atoms with Crippen molar-refractivity contribution in [1.29, 1.82) is 0 Å². The van der Waals surface area contributed by atoms with Crippen LogP contribution in [0.3, 0.4) is 0 Å². The largest absolute Gasteiger partial charge is 0.346 e. The molecule has 0 aromatic heterocycles. The van der Waals surface area contributed by atoms with Gasteiger partial charge in [0.1, 0.15) is 5.78 Å². The van der Waals surface area contributed by atoms with Gasteiger partial charge in [-0.25, -0.2) is 0 Å². The maximum absolute atomic E-state index is 10.8. The summed E-state index contributed by atoms with van der Waals surface area (Å²) in [4.78, 5) is 23.1. The molecule has 0 bridgehead atoms. The molecule has 0 radical (unpaired) electrons. The number of likely N-dealkylation sites (tertiary alicyclic amines) is 1. The second kappa shape index (κ2) is 6.59. The molecule has 0 aliphatic carbocycles. The maximum Gasteiger partial charge on any atom is 0.222 e. The third-order valence-electron chi connectivity index (χ3n) is 2.45. The van der Waals surface area contributed by atoms with Crippen LogP contribution in [0.15, 0.2) is 0 Å². The molecule has 88 valence electrons. The van der Waals surface area contributed by atoms with Crippen LogP contribution in [0.2, 0.25) is 0 Å². The van der Waals surface area contributed by atoms with E-state index in [4.69, 9.17) is 0 Å². The van der Waals surface area contributed by atoms with Gasteiger partial charge in [-0.15, -0.1) is 0 Å². The smallest absolute Gasteiger partial charge is 0.222 e. The molecule has 0 saturated carbocycles. The quantitative estimate of drug-likeness (QED) is 0.704. The van der Waals surface area contributed by atoms with E-state index in [1.807, 2.05) is 34.7 Å². The van der Waals surface area contributed by atoms with Crippen LogP contribution in [0.5, 0.6) is 0 Å². The predicted molar refractivity (Wildman–Crippen MR) is 61.6 cm³/mol. The summed E-state index contributed by atoms with van der Waals surface area (Å²) in [5, 5.41) is 0. The fourth-order valence-electron chi connectivity index (χ4n) is 1.45. The molecule has 1 aliphatic heterocycles. The molecule has 1 amide bonds. The average Bonchev–Trinajstić information content (AvgIpc) is 2.50. The molecule has 15 heavy (non-hydrogen) atoms. The van der Waals surface area contributed by atoms with E-state index in [0.29, 0.717) is 11.7 Å². The first-order valence-electron chi connectivity index (χ1n) is 5.64. The Morgan fingerprint density at radius 1 is 1.20 bits per heavy atom. The predicted octanol–water partition coefficient (Wildman–Crippen LogP) is 2.11. The summed E-state index contributed by atoms with van der Waals surface area (Å²) in [5.41, 5.74) is 0. The summed E-state index contributed by atoms with van der Waals surface area (Å²) in [5.74, 6) is 1.05. The molecule has 3 nitrogen and oxygen atoms in total. The zero-order chi connectivity index (χ0) is 12.0. The Labute approximate surface area is 92.8 Å². The lowest BCUT2D eigenvalue weighted by Crippen LogP contribution is -2.17. The molecule has 0 aromatic rings. The van der Waals surface area contributed by atoms with Crippen molar-refractivity contribution in [3.63, 3.8) is 0 Å². The summed E-state index contributed by atoms with van der Waals surface area (Å²) in [6.45, 7) is 8.69. The van der Waals surface area contributed by atoms with E-state index in [0.717, 1.165) is 19.4 Å². The van der Waals surface area contributed by atoms with Crippen molar-refractivity contribution in [3.8, 4) is 0 Å². The average molecular weight is 213 g/mol. The van der Waals surface area contributed by atoms with Gasteiger partial charge in [-0.1, -0.05) is 27.7 Å². The Balaban J connectivity index is 0.000000262. The van der Waals surface area contributed by atoms with Crippen molar-refractivity contribution in [2.45, 2.75) is 40.5 Å². The van der Waals surface area contributed by atoms with Gasteiger partial charge in [0.25, 0.3) is 0 Å². The lowest BCUT2D eigenvalue weighted by atomic mass is 9.99. The second-order valence-corrected chi connectivity index (χ2v) is 4.63. The highest BCUT2D eigenvalue weighted by molar-refractivity contribution is 5.82. The molecule has 1 fully saturated rings. The van der Waals surface area contributed by atoms with Crippen molar-refractivity contribution < 1.29 is 9.59 Å². The van der Waals surface area contributed by atoms with E-state index < -0.39 is 0 Å². The first kappa shape index (κ1) is 14.1. The van der Waals surface area contributed by atoms with Gasteiger partial charge in [0.2, 0.25) is 5.91 Å². The number of nitrogens with zero attached hydrogens (tertiary/aromatic N) is 1. The zero-order valence-electron chi connectivity index (χ0n) is 10.5. The molecular formula is C12H23NO2. The lowest BCUT2D eigenvalue weighted by Gasteiger charge is -2.05. The van der Waals surface area contributed by atoms with Crippen molar-refractivity contribution in [2.75, 3.05) is 13.6 Å². The van der Waals surface area contributed by atoms with Crippen LogP contribution in [0.1, 0.15) is 40.5 Å². The van der Waals surface area contributed by atoms with Crippen molar-refractivity contribution in [2.24, 2.45) is 11.8 Å². The van der Waals surface area contributed by atoms with Crippen molar-refractivity contribution in [1.82, 2.24) is 4.90 Å². The fourth-order valence-corrected chi connectivity index (χ4v) is 1.45. The highest BCUT2D eigenvalue weighted by Gasteiger charge is 2.14. The molecule has 3 heteroatoms. The first-order valence-corrected chi connectivity index (χ1v) is 5.64. The van der Waals surface area contributed by atoms with Crippen LogP contribution in [-0.2, 0) is 9.59 Å². The Bertz CT molecular complexity index is 212. The van der Waals surface area contributed by atoms with Gasteiger partial charge in [0.05, 0.1) is 0 Å². The second-order valence-electron chi connectivity index (χ2n) is 4.63. The zero-order valence-corrected chi connectivity index (χ0v) is 10.5. The van der Waals surface area contributed by atoms with Gasteiger partial charge >= 0.3 is 0 Å². The molecule has 0 unspecified atom stereocenters. The third kappa shape index (κ3) is 5.55. The summed E-state index contributed by atoms with van der Waals surface area (Å²) in [6.07, 6.45) is 1.81. The van der Waals surface area contributed by atoms with Gasteiger partial charge < -0.3 is 4.90 Å². The topological polar surface area (TPSA) is 37.4 Å². The molecule has 0 spiro atoms. The van der Waals surface area contributed by atoms with E-state index in [1.165, 1.54) is 0 Å². The lowest BCUT2D eigenvalue weighted by molar-refractivity contribution is -0.126. The van der Waals surface area contributed by atoms with Crippen molar-refractivity contribution in [3.05, 3.63) is 0 Å². The van der Waals surface area contributed by atoms with Crippen LogP contribution in [0, 0.1) is 11.8 Å². The molecule has 1 rings (SSSR count). The minimum atomic E-state index is 0.204. The maximum atomic E-state index is 10.8. The minimum absolute atomic E-state index is 0.204. The standard InChI is InChI=1S/C7H14O.C5H9NO/c1-5(2)7(8)6(3)4;1-6-4-2-3-5(6)7/h5-6H,1-4H3;2-4H2,1H3. The number of carbonyl (C=O) groups is 2. The van der Waals surface area contributed by atoms with Gasteiger partial charge in [-0.05, 0) is 6.42 Å². The van der Waals surface area contributed by atoms with E-state index in [9.17, 15) is 9.59 Å². The van der Waals surface area contributed by atoms with Crippen LogP contribution < -0.4 is 0 Å². The van der Waals surface area contributed by atoms with Crippen molar-refractivity contribution >= 4 is 11.7 Å². The Morgan fingerprint density at radius 2 is 1.67 bits per heavy atom. The van der Waals surface area contributed by atoms with Crippen LogP contribution in [0.25, 0.3) is 0 Å². The summed E-state index contributed by atoms with van der Waals surface area (Å²) < 4.78 is 0. The number of ketones is 1. The molecule has 1 heterocycles. The number of Topliss-reactive ketones (excluding diaryl/α,β-unsaturated/α-hetero) is 1. The Hall–Kier alpha value is -0.860. The van der Waals surface area contributed by atoms with Gasteiger partial charge in [0.15, 0.2) is 0 Å². The number of carbonyl (C=O) groups excluding carboxylic acids is 2. The van der Waals surface area contributed by atoms with E-state index >= 15 is 0 Å². The normalized spacial score (nSPS) is 15.7. The number of rotatable bonds is 2. The number of hydrogen-bond acceptors (Lipinski definition) is 2. The van der Waals surface area contributed by atoms with Crippen LogP contribution in [-0.4, -0.2) is 30.2 Å². The van der Waals surface area contributed by atoms with E-state index in [2.05, 4.69) is 0 Å². The van der Waals surface area contributed by atoms with E-state index in [1.54, 1.807) is 4.90 Å². The molecule has 1 saturated heterocycles. The number of amides is 1. The fraction of sp³-hybridized carbons (Fsp3) is 0.833. The summed E-state index contributed by atoms with van der Waals surface area (Å²) >= 11 is 0. The first-order chi connectivity index (χ1) is 6.86. The van der Waals surface area contributed by atoms with Gasteiger partial charge in [-0.3, -0.25) is 9.59 Å². The molecule has 0 aromatic carbocycles. The summed E-state index contributed by atoms with van der Waals surface area (Å²) in [7, 11) is 1.84. The Kier molecular flexibility index (Phi) is 6.21. The molecular weight excluding hydrogens is 190 g/mol. The highest BCUT2D eigenvalue weighted by Crippen LogP contribution is 2.05. The van der Waals surface area contributed by atoms with E-state index in [-0.39, 0.29) is 11.8 Å². The number of hydrogen-bond donors (Lipinski definition) is 0. The van der Waals surface area contributed by atoms with Gasteiger partial charge in [-0.2, -0.15) is 0 Å². The third-order valence-corrected chi connectivity index (χ3v) is 2.45. The van der Waals surface area contributed by atoms with Crippen LogP contribution in [0.4, 0.5) is 0 Å². The minimum Gasteiger partial charge on any atom is -0.346 e. The summed E-state index contributed by atoms with van der Waals surface area (Å²) in [6, 6.07) is 0. The molecule has 0 N–H and O–H groups in total. The monoisotopic (exact) mass is 213 g/mol. The SMILES string of the molecule is CC(C)C(=O)C(C)C.CN1CCCC1=O. The molecule has 0 atom stereocenters. The molecule has 1 aliphatic rings.